The van der Waals surface area contributed by atoms with Gasteiger partial charge >= 0.3 is 0 Å². The number of nitrogens with zero attached hydrogens (tertiary/aromatic N) is 4. The van der Waals surface area contributed by atoms with Crippen molar-refractivity contribution in [2.24, 2.45) is 7.05 Å². The lowest BCUT2D eigenvalue weighted by molar-refractivity contribution is 0.0718. The molecule has 2 N–H and O–H groups in total. The summed E-state index contributed by atoms with van der Waals surface area (Å²) in [5, 5.41) is 17.2. The zero-order valence-electron chi connectivity index (χ0n) is 18.7. The number of hydrogen-bond acceptors (Lipinski definition) is 4. The molecule has 0 bridgehead atoms. The molecule has 3 aromatic heterocycles. The summed E-state index contributed by atoms with van der Waals surface area (Å²) in [5.74, 6) is -2.20. The number of halogens is 2. The summed E-state index contributed by atoms with van der Waals surface area (Å²) < 4.78 is 33.1. The van der Waals surface area contributed by atoms with Gasteiger partial charge in [-0.1, -0.05) is 25.0 Å². The van der Waals surface area contributed by atoms with Gasteiger partial charge in [-0.25, -0.2) is 13.8 Å². The van der Waals surface area contributed by atoms with Gasteiger partial charge in [-0.2, -0.15) is 5.10 Å². The standard InChI is InChI=1S/C25H25F2N5O2/c1-31-14-17(12-29-31)18-7-6-16(22(26)23(18)27)10-15-11-19(24-28-8-9-32(24)13-15)25(34)30-20-4-2-3-5-21(20)33/h6-9,11-14,20-21,33H,2-5,10H2,1H3,(H,30,34)/t20-,21-/m0/s1. The van der Waals surface area contributed by atoms with E-state index in [-0.39, 0.29) is 29.5 Å². The van der Waals surface area contributed by atoms with E-state index < -0.39 is 17.7 Å². The molecule has 2 atom stereocenters. The Morgan fingerprint density at radius 2 is 2.03 bits per heavy atom. The first-order valence-corrected chi connectivity index (χ1v) is 11.3. The average Bonchev–Trinajstić information content (AvgIpc) is 3.47. The summed E-state index contributed by atoms with van der Waals surface area (Å²) in [6, 6.07) is 4.43. The van der Waals surface area contributed by atoms with Gasteiger partial charge < -0.3 is 14.8 Å². The molecule has 1 aromatic carbocycles. The number of carbonyl (C=O) groups excluding carboxylic acids is 1. The molecule has 34 heavy (non-hydrogen) atoms. The van der Waals surface area contributed by atoms with Crippen LogP contribution in [-0.2, 0) is 13.5 Å². The smallest absolute Gasteiger partial charge is 0.255 e. The monoisotopic (exact) mass is 465 g/mol. The molecule has 9 heteroatoms. The minimum atomic E-state index is -0.932. The van der Waals surface area contributed by atoms with E-state index in [9.17, 15) is 18.7 Å². The number of rotatable bonds is 5. The maximum Gasteiger partial charge on any atom is 0.255 e. The highest BCUT2D eigenvalue weighted by atomic mass is 19.2. The van der Waals surface area contributed by atoms with Crippen molar-refractivity contribution in [2.45, 2.75) is 44.2 Å². The topological polar surface area (TPSA) is 84.5 Å². The highest BCUT2D eigenvalue weighted by Crippen LogP contribution is 2.28. The second-order valence-electron chi connectivity index (χ2n) is 8.83. The van der Waals surface area contributed by atoms with Crippen molar-refractivity contribution >= 4 is 11.6 Å². The quantitative estimate of drug-likeness (QED) is 0.471. The summed E-state index contributed by atoms with van der Waals surface area (Å²) >= 11 is 0. The van der Waals surface area contributed by atoms with Crippen LogP contribution in [0, 0.1) is 11.6 Å². The third-order valence-corrected chi connectivity index (χ3v) is 6.41. The van der Waals surface area contributed by atoms with E-state index in [1.165, 1.54) is 10.9 Å². The Kier molecular flexibility index (Phi) is 5.87. The Bertz CT molecular complexity index is 1360. The van der Waals surface area contributed by atoms with E-state index in [0.717, 1.165) is 12.8 Å². The molecule has 0 unspecified atom stereocenters. The van der Waals surface area contributed by atoms with Gasteiger partial charge in [0.2, 0.25) is 0 Å². The average molecular weight is 466 g/mol. The number of aromatic nitrogens is 4. The first kappa shape index (κ1) is 22.2. The van der Waals surface area contributed by atoms with Crippen molar-refractivity contribution in [2.75, 3.05) is 0 Å². The van der Waals surface area contributed by atoms with Crippen LogP contribution in [-0.4, -0.2) is 42.3 Å². The molecule has 4 aromatic rings. The summed E-state index contributed by atoms with van der Waals surface area (Å²) in [7, 11) is 1.71. The molecule has 176 valence electrons. The summed E-state index contributed by atoms with van der Waals surface area (Å²) in [6.07, 6.45) is 10.9. The predicted molar refractivity (Wildman–Crippen MR) is 122 cm³/mol. The third-order valence-electron chi connectivity index (χ3n) is 6.41. The van der Waals surface area contributed by atoms with Gasteiger partial charge in [-0.15, -0.1) is 0 Å². The molecule has 0 saturated heterocycles. The van der Waals surface area contributed by atoms with Crippen LogP contribution in [0.2, 0.25) is 0 Å². The van der Waals surface area contributed by atoms with Gasteiger partial charge in [-0.3, -0.25) is 9.48 Å². The van der Waals surface area contributed by atoms with Gasteiger partial charge in [-0.05, 0) is 30.0 Å². The number of pyridine rings is 1. The van der Waals surface area contributed by atoms with E-state index in [2.05, 4.69) is 15.4 Å². The van der Waals surface area contributed by atoms with Gasteiger partial charge in [0.15, 0.2) is 11.6 Å². The molecule has 0 spiro atoms. The second-order valence-corrected chi connectivity index (χ2v) is 8.83. The minimum Gasteiger partial charge on any atom is -0.391 e. The molecule has 1 saturated carbocycles. The summed E-state index contributed by atoms with van der Waals surface area (Å²) in [4.78, 5) is 17.4. The maximum atomic E-state index is 15.0. The molecule has 1 aliphatic rings. The Balaban J connectivity index is 1.44. The van der Waals surface area contributed by atoms with Gasteiger partial charge in [0.05, 0.1) is 23.9 Å². The Morgan fingerprint density at radius 1 is 1.21 bits per heavy atom. The number of imidazole rings is 1. The number of amides is 1. The number of benzene rings is 1. The fraction of sp³-hybridized carbons (Fsp3) is 0.320. The van der Waals surface area contributed by atoms with Crippen molar-refractivity contribution in [3.63, 3.8) is 0 Å². The Labute approximate surface area is 195 Å². The van der Waals surface area contributed by atoms with Crippen LogP contribution in [0.4, 0.5) is 8.78 Å². The van der Waals surface area contributed by atoms with Crippen LogP contribution in [0.1, 0.15) is 47.2 Å². The van der Waals surface area contributed by atoms with Crippen LogP contribution in [0.15, 0.2) is 49.2 Å². The number of fused-ring (bicyclic) bond motifs is 1. The fourth-order valence-corrected chi connectivity index (χ4v) is 4.61. The number of hydrogen-bond donors (Lipinski definition) is 2. The zero-order chi connectivity index (χ0) is 23.8. The predicted octanol–water partition coefficient (Wildman–Crippen LogP) is 3.64. The molecule has 0 aliphatic heterocycles. The molecular formula is C25H25F2N5O2. The van der Waals surface area contributed by atoms with Crippen molar-refractivity contribution in [1.29, 1.82) is 0 Å². The van der Waals surface area contributed by atoms with E-state index in [1.807, 2.05) is 0 Å². The van der Waals surface area contributed by atoms with E-state index in [1.54, 1.807) is 54.4 Å². The highest BCUT2D eigenvalue weighted by Gasteiger charge is 2.26. The maximum absolute atomic E-state index is 15.0. The zero-order valence-corrected chi connectivity index (χ0v) is 18.7. The normalized spacial score (nSPS) is 18.4. The van der Waals surface area contributed by atoms with Crippen molar-refractivity contribution in [1.82, 2.24) is 24.5 Å². The molecule has 1 fully saturated rings. The molecule has 3 heterocycles. The van der Waals surface area contributed by atoms with Gasteiger partial charge in [0, 0.05) is 49.4 Å². The fourth-order valence-electron chi connectivity index (χ4n) is 4.61. The van der Waals surface area contributed by atoms with Crippen molar-refractivity contribution in [3.8, 4) is 11.1 Å². The molecule has 1 aliphatic carbocycles. The van der Waals surface area contributed by atoms with E-state index >= 15 is 0 Å². The van der Waals surface area contributed by atoms with Crippen molar-refractivity contribution < 1.29 is 18.7 Å². The first-order valence-electron chi connectivity index (χ1n) is 11.3. The number of aliphatic hydroxyl groups excluding tert-OH is 1. The van der Waals surface area contributed by atoms with E-state index in [0.29, 0.717) is 35.2 Å². The van der Waals surface area contributed by atoms with Crippen LogP contribution in [0.3, 0.4) is 0 Å². The Hall–Kier alpha value is -3.59. The summed E-state index contributed by atoms with van der Waals surface area (Å²) in [5.41, 5.74) is 2.24. The van der Waals surface area contributed by atoms with Crippen LogP contribution >= 0.6 is 0 Å². The lowest BCUT2D eigenvalue weighted by Crippen LogP contribution is -2.45. The second kappa shape index (κ2) is 8.98. The molecule has 0 radical (unpaired) electrons. The molecular weight excluding hydrogens is 440 g/mol. The van der Waals surface area contributed by atoms with Crippen molar-refractivity contribution in [3.05, 3.63) is 77.5 Å². The third kappa shape index (κ3) is 4.19. The van der Waals surface area contributed by atoms with Gasteiger partial charge in [0.25, 0.3) is 5.91 Å². The molecule has 7 nitrogen and oxygen atoms in total. The number of carbonyl (C=O) groups is 1. The van der Waals surface area contributed by atoms with Crippen LogP contribution < -0.4 is 5.32 Å². The number of aryl methyl sites for hydroxylation is 1. The Morgan fingerprint density at radius 3 is 2.79 bits per heavy atom. The number of nitrogens with one attached hydrogen (secondary N) is 1. The lowest BCUT2D eigenvalue weighted by atomic mass is 9.92. The lowest BCUT2D eigenvalue weighted by Gasteiger charge is -2.28. The number of aliphatic hydroxyl groups is 1. The minimum absolute atomic E-state index is 0.0938. The first-order chi connectivity index (χ1) is 16.4. The SMILES string of the molecule is Cn1cc(-c2ccc(Cc3cc(C(=O)N[C@H]4CCCC[C@@H]4O)c4nccn4c3)c(F)c2F)cn1. The molecule has 5 rings (SSSR count). The van der Waals surface area contributed by atoms with E-state index in [4.69, 9.17) is 0 Å². The van der Waals surface area contributed by atoms with Crippen LogP contribution in [0.5, 0.6) is 0 Å². The largest absolute Gasteiger partial charge is 0.391 e. The van der Waals surface area contributed by atoms with Crippen LogP contribution in [0.25, 0.3) is 16.8 Å². The highest BCUT2D eigenvalue weighted by molar-refractivity contribution is 6.00. The molecule has 1 amide bonds. The van der Waals surface area contributed by atoms with Gasteiger partial charge in [0.1, 0.15) is 5.65 Å². The summed E-state index contributed by atoms with van der Waals surface area (Å²) in [6.45, 7) is 0.